The molecule has 4 saturated carbocycles. The van der Waals surface area contributed by atoms with Crippen LogP contribution in [0.4, 0.5) is 0 Å². The molecular formula is C25H35ClO. The van der Waals surface area contributed by atoms with Crippen LogP contribution < -0.4 is 4.74 Å². The third-order valence-electron chi connectivity index (χ3n) is 9.45. The van der Waals surface area contributed by atoms with Crippen molar-refractivity contribution < 1.29 is 4.74 Å². The second-order valence-corrected chi connectivity index (χ2v) is 11.1. The molecule has 0 saturated heterocycles. The summed E-state index contributed by atoms with van der Waals surface area (Å²) < 4.78 is 6.72. The summed E-state index contributed by atoms with van der Waals surface area (Å²) >= 11 is 6.10. The summed E-state index contributed by atoms with van der Waals surface area (Å²) in [5.74, 6) is 4.49. The minimum atomic E-state index is 0.390. The number of ether oxygens (including phenoxy) is 1. The quantitative estimate of drug-likeness (QED) is 0.510. The molecule has 1 aromatic carbocycles. The molecule has 4 aliphatic rings. The lowest BCUT2D eigenvalue weighted by atomic mass is 9.45. The van der Waals surface area contributed by atoms with E-state index in [0.717, 1.165) is 34.4 Å². The van der Waals surface area contributed by atoms with Crippen molar-refractivity contribution in [2.45, 2.75) is 84.2 Å². The van der Waals surface area contributed by atoms with E-state index in [4.69, 9.17) is 16.3 Å². The molecule has 0 aromatic heterocycles. The SMILES string of the molecule is C[C@@]12CCC[C@H]1[C@@H]1C[C@@H](Oc3ccc(Cl)cc3)[C@H]3CCCC[C@]3(C)[C@H]1CC2. The van der Waals surface area contributed by atoms with Crippen molar-refractivity contribution in [3.05, 3.63) is 29.3 Å². The average Bonchev–Trinajstić information content (AvgIpc) is 3.05. The number of fused-ring (bicyclic) bond motifs is 5. The van der Waals surface area contributed by atoms with Gasteiger partial charge in [0.05, 0.1) is 0 Å². The minimum absolute atomic E-state index is 0.390. The molecule has 7 atom stereocenters. The highest BCUT2D eigenvalue weighted by atomic mass is 35.5. The van der Waals surface area contributed by atoms with Gasteiger partial charge in [-0.1, -0.05) is 44.7 Å². The van der Waals surface area contributed by atoms with Crippen LogP contribution in [0.15, 0.2) is 24.3 Å². The Kier molecular flexibility index (Phi) is 4.54. The smallest absolute Gasteiger partial charge is 0.119 e. The molecule has 0 bridgehead atoms. The van der Waals surface area contributed by atoms with E-state index in [9.17, 15) is 0 Å². The van der Waals surface area contributed by atoms with Gasteiger partial charge in [0.1, 0.15) is 11.9 Å². The van der Waals surface area contributed by atoms with Gasteiger partial charge in [0.2, 0.25) is 0 Å². The van der Waals surface area contributed by atoms with Crippen LogP contribution in [0.1, 0.15) is 78.1 Å². The standard InChI is InChI=1S/C25H35ClO/c1-24-13-5-7-20(24)19-16-23(27-18-10-8-17(26)9-11-18)22-6-3-4-14-25(22,2)21(19)12-15-24/h8-11,19-23H,3-7,12-16H2,1-2H3/t19-,20-,21-,22+,23+,24-,25+/m0/s1. The van der Waals surface area contributed by atoms with Crippen molar-refractivity contribution in [1.29, 1.82) is 0 Å². The molecule has 27 heavy (non-hydrogen) atoms. The Morgan fingerprint density at radius 1 is 0.852 bits per heavy atom. The Labute approximate surface area is 170 Å². The molecule has 0 radical (unpaired) electrons. The number of rotatable bonds is 2. The third-order valence-corrected chi connectivity index (χ3v) is 9.70. The molecule has 0 amide bonds. The van der Waals surface area contributed by atoms with Gasteiger partial charge in [-0.25, -0.2) is 0 Å². The molecule has 1 nitrogen and oxygen atoms in total. The Balaban J connectivity index is 1.47. The van der Waals surface area contributed by atoms with E-state index >= 15 is 0 Å². The summed E-state index contributed by atoms with van der Waals surface area (Å²) in [5.41, 5.74) is 1.10. The number of hydrogen-bond donors (Lipinski definition) is 0. The van der Waals surface area contributed by atoms with Crippen LogP contribution in [0, 0.1) is 34.5 Å². The van der Waals surface area contributed by atoms with E-state index in [1.54, 1.807) is 0 Å². The highest BCUT2D eigenvalue weighted by Gasteiger charge is 2.60. The molecule has 0 N–H and O–H groups in total. The first-order valence-corrected chi connectivity index (χ1v) is 11.8. The average molecular weight is 387 g/mol. The van der Waals surface area contributed by atoms with Crippen LogP contribution in [-0.2, 0) is 0 Å². The van der Waals surface area contributed by atoms with Crippen LogP contribution in [0.5, 0.6) is 5.75 Å². The highest BCUT2D eigenvalue weighted by Crippen LogP contribution is 2.66. The number of benzene rings is 1. The first kappa shape index (κ1) is 18.3. The van der Waals surface area contributed by atoms with Crippen LogP contribution in [0.3, 0.4) is 0 Å². The van der Waals surface area contributed by atoms with Crippen LogP contribution in [0.25, 0.3) is 0 Å². The van der Waals surface area contributed by atoms with E-state index in [1.807, 2.05) is 12.1 Å². The van der Waals surface area contributed by atoms with Crippen molar-refractivity contribution in [1.82, 2.24) is 0 Å². The maximum Gasteiger partial charge on any atom is 0.119 e. The van der Waals surface area contributed by atoms with Gasteiger partial charge in [-0.2, -0.15) is 0 Å². The summed E-state index contributed by atoms with van der Waals surface area (Å²) in [6, 6.07) is 8.07. The summed E-state index contributed by atoms with van der Waals surface area (Å²) in [4.78, 5) is 0. The van der Waals surface area contributed by atoms with Gasteiger partial charge >= 0.3 is 0 Å². The van der Waals surface area contributed by atoms with Gasteiger partial charge in [0.25, 0.3) is 0 Å². The zero-order valence-corrected chi connectivity index (χ0v) is 17.8. The molecule has 1 aromatic rings. The van der Waals surface area contributed by atoms with Gasteiger partial charge in [-0.3, -0.25) is 0 Å². The van der Waals surface area contributed by atoms with Crippen molar-refractivity contribution in [3.8, 4) is 5.75 Å². The van der Waals surface area contributed by atoms with Gasteiger partial charge in [-0.15, -0.1) is 0 Å². The van der Waals surface area contributed by atoms with Crippen LogP contribution in [-0.4, -0.2) is 6.10 Å². The fourth-order valence-corrected chi connectivity index (χ4v) is 8.26. The fourth-order valence-electron chi connectivity index (χ4n) is 8.13. The van der Waals surface area contributed by atoms with Gasteiger partial charge < -0.3 is 4.74 Å². The predicted octanol–water partition coefficient (Wildman–Crippen LogP) is 7.52. The second-order valence-electron chi connectivity index (χ2n) is 10.7. The van der Waals surface area contributed by atoms with E-state index in [1.165, 1.54) is 64.2 Å². The molecule has 4 aliphatic carbocycles. The Morgan fingerprint density at radius 3 is 2.44 bits per heavy atom. The van der Waals surface area contributed by atoms with Gasteiger partial charge in [0, 0.05) is 10.9 Å². The molecule has 4 fully saturated rings. The zero-order chi connectivity index (χ0) is 18.6. The molecule has 0 aliphatic heterocycles. The monoisotopic (exact) mass is 386 g/mol. The third kappa shape index (κ3) is 2.95. The minimum Gasteiger partial charge on any atom is -0.490 e. The van der Waals surface area contributed by atoms with Crippen molar-refractivity contribution in [3.63, 3.8) is 0 Å². The van der Waals surface area contributed by atoms with Crippen LogP contribution >= 0.6 is 11.6 Å². The van der Waals surface area contributed by atoms with E-state index in [2.05, 4.69) is 26.0 Å². The van der Waals surface area contributed by atoms with E-state index in [0.29, 0.717) is 16.9 Å². The lowest BCUT2D eigenvalue weighted by molar-refractivity contribution is -0.146. The van der Waals surface area contributed by atoms with Gasteiger partial charge in [-0.05, 0) is 97.8 Å². The summed E-state index contributed by atoms with van der Waals surface area (Å²) in [5, 5.41) is 0.794. The number of halogens is 1. The van der Waals surface area contributed by atoms with Crippen molar-refractivity contribution in [2.24, 2.45) is 34.5 Å². The molecule has 0 heterocycles. The van der Waals surface area contributed by atoms with Crippen LogP contribution in [0.2, 0.25) is 5.02 Å². The summed E-state index contributed by atoms with van der Waals surface area (Å²) in [6.45, 7) is 5.24. The normalized spacial score (nSPS) is 46.3. The topological polar surface area (TPSA) is 9.23 Å². The molecule has 2 heteroatoms. The maximum absolute atomic E-state index is 6.72. The van der Waals surface area contributed by atoms with E-state index < -0.39 is 0 Å². The fraction of sp³-hybridized carbons (Fsp3) is 0.760. The van der Waals surface area contributed by atoms with E-state index in [-0.39, 0.29) is 0 Å². The first-order valence-electron chi connectivity index (χ1n) is 11.4. The summed E-state index contributed by atoms with van der Waals surface area (Å²) in [6.07, 6.45) is 14.6. The Hall–Kier alpha value is -0.690. The molecule has 148 valence electrons. The zero-order valence-electron chi connectivity index (χ0n) is 17.1. The molecule has 0 unspecified atom stereocenters. The number of hydrogen-bond acceptors (Lipinski definition) is 1. The Morgan fingerprint density at radius 2 is 1.63 bits per heavy atom. The second kappa shape index (κ2) is 6.68. The predicted molar refractivity (Wildman–Crippen MR) is 112 cm³/mol. The van der Waals surface area contributed by atoms with Crippen molar-refractivity contribution in [2.75, 3.05) is 0 Å². The van der Waals surface area contributed by atoms with Gasteiger partial charge in [0.15, 0.2) is 0 Å². The molecular weight excluding hydrogens is 352 g/mol. The molecule has 0 spiro atoms. The highest BCUT2D eigenvalue weighted by molar-refractivity contribution is 6.30. The maximum atomic E-state index is 6.72. The Bertz CT molecular complexity index is 684. The largest absolute Gasteiger partial charge is 0.490 e. The lowest BCUT2D eigenvalue weighted by Crippen LogP contribution is -2.57. The first-order chi connectivity index (χ1) is 13.0. The van der Waals surface area contributed by atoms with Crippen molar-refractivity contribution >= 4 is 11.6 Å². The summed E-state index contributed by atoms with van der Waals surface area (Å²) in [7, 11) is 0. The lowest BCUT2D eigenvalue weighted by Gasteiger charge is -2.61. The molecule has 5 rings (SSSR count).